The summed E-state index contributed by atoms with van der Waals surface area (Å²) >= 11 is 0. The second kappa shape index (κ2) is 10.9. The summed E-state index contributed by atoms with van der Waals surface area (Å²) in [6.07, 6.45) is -5.03. The van der Waals surface area contributed by atoms with E-state index in [0.29, 0.717) is 19.6 Å². The molecule has 188 valence electrons. The van der Waals surface area contributed by atoms with Gasteiger partial charge in [0.15, 0.2) is 11.6 Å². The first kappa shape index (κ1) is 24.7. The molecule has 0 aromatic heterocycles. The number of carbonyl (C=O) groups is 2. The molecule has 12 heteroatoms. The summed E-state index contributed by atoms with van der Waals surface area (Å²) in [7, 11) is 0. The highest BCUT2D eigenvalue weighted by molar-refractivity contribution is 5.90. The van der Waals surface area contributed by atoms with E-state index in [2.05, 4.69) is 0 Å². The molecule has 2 heterocycles. The van der Waals surface area contributed by atoms with Gasteiger partial charge in [0.25, 0.3) is 5.91 Å². The first-order valence-electron chi connectivity index (χ1n) is 11.0. The number of hydroxylamine groups is 2. The molecule has 35 heavy (non-hydrogen) atoms. The van der Waals surface area contributed by atoms with Crippen LogP contribution in [-0.2, 0) is 20.9 Å². The lowest BCUT2D eigenvalue weighted by Crippen LogP contribution is -2.37. The zero-order valence-electron chi connectivity index (χ0n) is 18.6. The average Bonchev–Trinajstić information content (AvgIpc) is 3.05. The Labute approximate surface area is 198 Å². The topological polar surface area (TPSA) is 74.4 Å². The smallest absolute Gasteiger partial charge is 0.414 e. The maximum absolute atomic E-state index is 15.0. The van der Waals surface area contributed by atoms with Crippen LogP contribution in [0.25, 0.3) is 0 Å². The summed E-state index contributed by atoms with van der Waals surface area (Å²) in [5, 5.41) is 3.70. The third kappa shape index (κ3) is 6.01. The van der Waals surface area contributed by atoms with E-state index in [1.54, 1.807) is 9.96 Å². The Kier molecular flexibility index (Phi) is 7.71. The van der Waals surface area contributed by atoms with Crippen molar-refractivity contribution in [1.82, 2.24) is 10.4 Å². The molecule has 8 nitrogen and oxygen atoms in total. The molecule has 0 radical (unpaired) electrons. The molecule has 0 saturated carbocycles. The van der Waals surface area contributed by atoms with E-state index < -0.39 is 36.2 Å². The quantitative estimate of drug-likeness (QED) is 0.595. The fourth-order valence-electron chi connectivity index (χ4n) is 3.96. The molecule has 0 unspecified atom stereocenters. The van der Waals surface area contributed by atoms with Crippen LogP contribution < -0.4 is 15.1 Å². The molecule has 1 atom stereocenters. The Morgan fingerprint density at radius 2 is 1.80 bits per heavy atom. The number of nitrogens with zero attached hydrogens (tertiary/aromatic N) is 3. The van der Waals surface area contributed by atoms with Gasteiger partial charge in [-0.3, -0.25) is 14.5 Å². The van der Waals surface area contributed by atoms with Crippen molar-refractivity contribution in [3.05, 3.63) is 59.7 Å². The predicted octanol–water partition coefficient (Wildman–Crippen LogP) is 2.93. The Hall–Kier alpha value is -3.38. The highest BCUT2D eigenvalue weighted by atomic mass is 19.3. The van der Waals surface area contributed by atoms with E-state index in [0.717, 1.165) is 22.6 Å². The number of nitrogens with one attached hydrogen (secondary N) is 1. The zero-order valence-corrected chi connectivity index (χ0v) is 18.6. The molecule has 2 aliphatic rings. The normalized spacial score (nSPS) is 19.1. The summed E-state index contributed by atoms with van der Waals surface area (Å²) in [5.74, 6) is -3.22. The van der Waals surface area contributed by atoms with Gasteiger partial charge in [-0.15, -0.1) is 0 Å². The number of hydrogen-bond acceptors (Lipinski definition) is 6. The fourth-order valence-corrected chi connectivity index (χ4v) is 3.96. The van der Waals surface area contributed by atoms with Gasteiger partial charge in [-0.05, 0) is 5.56 Å². The van der Waals surface area contributed by atoms with Gasteiger partial charge in [-0.1, -0.05) is 30.3 Å². The van der Waals surface area contributed by atoms with Gasteiger partial charge in [-0.2, -0.15) is 13.8 Å². The highest BCUT2D eigenvalue weighted by Crippen LogP contribution is 2.31. The van der Waals surface area contributed by atoms with E-state index in [1.165, 1.54) is 0 Å². The summed E-state index contributed by atoms with van der Waals surface area (Å²) in [6.45, 7) is 1.26. The number of carbonyl (C=O) groups excluding carboxylic acids is 2. The molecule has 2 saturated heterocycles. The third-order valence-corrected chi connectivity index (χ3v) is 5.66. The van der Waals surface area contributed by atoms with E-state index in [-0.39, 0.29) is 37.6 Å². The number of anilines is 2. The SMILES string of the molecule is O=C(NC[C@H]1CN(c2cc(F)c(N3CCON(Cc4ccccc4)CC3)c(F)c2)C(=O)O1)C(F)F. The first-order valence-corrected chi connectivity index (χ1v) is 11.0. The first-order chi connectivity index (χ1) is 16.8. The Morgan fingerprint density at radius 1 is 1.09 bits per heavy atom. The molecule has 0 spiro atoms. The van der Waals surface area contributed by atoms with Crippen molar-refractivity contribution < 1.29 is 36.7 Å². The van der Waals surface area contributed by atoms with E-state index in [4.69, 9.17) is 9.57 Å². The van der Waals surface area contributed by atoms with Gasteiger partial charge < -0.3 is 15.0 Å². The van der Waals surface area contributed by atoms with E-state index in [1.807, 2.05) is 35.6 Å². The molecule has 1 N–H and O–H groups in total. The van der Waals surface area contributed by atoms with Gasteiger partial charge in [0.1, 0.15) is 11.8 Å². The summed E-state index contributed by atoms with van der Waals surface area (Å²) < 4.78 is 59.7. The van der Waals surface area contributed by atoms with Gasteiger partial charge in [-0.25, -0.2) is 13.6 Å². The van der Waals surface area contributed by atoms with Gasteiger partial charge in [0.05, 0.1) is 25.4 Å². The molecule has 0 bridgehead atoms. The van der Waals surface area contributed by atoms with Crippen molar-refractivity contribution in [2.24, 2.45) is 0 Å². The molecule has 0 aliphatic carbocycles. The molecular formula is C23H24F4N4O4. The number of benzene rings is 2. The molecule has 2 amide bonds. The number of hydrogen-bond donors (Lipinski definition) is 1. The van der Waals surface area contributed by atoms with E-state index in [9.17, 15) is 18.4 Å². The number of halogens is 4. The zero-order chi connectivity index (χ0) is 24.9. The molecule has 2 aliphatic heterocycles. The Morgan fingerprint density at radius 3 is 2.49 bits per heavy atom. The van der Waals surface area contributed by atoms with Crippen LogP contribution in [0.1, 0.15) is 5.56 Å². The van der Waals surface area contributed by atoms with Crippen molar-refractivity contribution in [3.8, 4) is 0 Å². The number of amides is 2. The average molecular weight is 496 g/mol. The predicted molar refractivity (Wildman–Crippen MR) is 118 cm³/mol. The lowest BCUT2D eigenvalue weighted by Gasteiger charge is -2.24. The summed E-state index contributed by atoms with van der Waals surface area (Å²) in [4.78, 5) is 31.4. The van der Waals surface area contributed by atoms with Crippen LogP contribution in [0, 0.1) is 11.6 Å². The van der Waals surface area contributed by atoms with Crippen molar-refractivity contribution in [2.45, 2.75) is 19.1 Å². The number of alkyl halides is 2. The number of rotatable bonds is 7. The second-order valence-electron chi connectivity index (χ2n) is 8.09. The molecule has 4 rings (SSSR count). The van der Waals surface area contributed by atoms with Crippen LogP contribution in [0.2, 0.25) is 0 Å². The lowest BCUT2D eigenvalue weighted by molar-refractivity contribution is -0.154. The number of cyclic esters (lactones) is 1. The Balaban J connectivity index is 1.40. The molecule has 2 aromatic carbocycles. The van der Waals surface area contributed by atoms with E-state index >= 15 is 8.78 Å². The summed E-state index contributed by atoms with van der Waals surface area (Å²) in [6, 6.07) is 11.7. The van der Waals surface area contributed by atoms with Crippen LogP contribution >= 0.6 is 0 Å². The lowest BCUT2D eigenvalue weighted by atomic mass is 10.2. The van der Waals surface area contributed by atoms with Gasteiger partial charge in [0.2, 0.25) is 0 Å². The maximum atomic E-state index is 15.0. The van der Waals surface area contributed by atoms with Crippen molar-refractivity contribution in [3.63, 3.8) is 0 Å². The van der Waals surface area contributed by atoms with Crippen molar-refractivity contribution >= 4 is 23.4 Å². The molecule has 2 aromatic rings. The monoisotopic (exact) mass is 496 g/mol. The minimum Gasteiger partial charge on any atom is -0.442 e. The van der Waals surface area contributed by atoms with Gasteiger partial charge >= 0.3 is 12.5 Å². The van der Waals surface area contributed by atoms with Crippen molar-refractivity contribution in [2.75, 3.05) is 49.1 Å². The third-order valence-electron chi connectivity index (χ3n) is 5.66. The van der Waals surface area contributed by atoms with Crippen LogP contribution in [0.3, 0.4) is 0 Å². The highest BCUT2D eigenvalue weighted by Gasteiger charge is 2.34. The fraction of sp³-hybridized carbons (Fsp3) is 0.391. The van der Waals surface area contributed by atoms with Crippen LogP contribution in [0.4, 0.5) is 33.7 Å². The van der Waals surface area contributed by atoms with Crippen LogP contribution in [-0.4, -0.2) is 68.9 Å². The number of ether oxygens (including phenoxy) is 1. The minimum atomic E-state index is -3.20. The standard InChI is InChI=1S/C23H24F4N4O4/c24-18-10-16(31-14-17(35-23(31)33)12-28-22(32)21(26)27)11-19(25)20(18)29-6-7-30(34-9-8-29)13-15-4-2-1-3-5-15/h1-5,10-11,17,21H,6-9,12-14H2,(H,28,32)/t17-/m0/s1. The van der Waals surface area contributed by atoms with Gasteiger partial charge in [0, 0.05) is 38.3 Å². The second-order valence-corrected chi connectivity index (χ2v) is 8.09. The molecular weight excluding hydrogens is 472 g/mol. The largest absolute Gasteiger partial charge is 0.442 e. The van der Waals surface area contributed by atoms with Crippen molar-refractivity contribution in [1.29, 1.82) is 0 Å². The minimum absolute atomic E-state index is 0.0757. The summed E-state index contributed by atoms with van der Waals surface area (Å²) in [5.41, 5.74) is 0.743. The molecule has 2 fully saturated rings. The van der Waals surface area contributed by atoms with Crippen LogP contribution in [0.15, 0.2) is 42.5 Å². The van der Waals surface area contributed by atoms with Crippen LogP contribution in [0.5, 0.6) is 0 Å². The Bertz CT molecular complexity index is 1040. The maximum Gasteiger partial charge on any atom is 0.414 e.